The van der Waals surface area contributed by atoms with E-state index < -0.39 is 12.0 Å². The minimum atomic E-state index is -0.561. The highest BCUT2D eigenvalue weighted by Gasteiger charge is 2.21. The maximum absolute atomic E-state index is 11.3. The van der Waals surface area contributed by atoms with Crippen LogP contribution in [0.25, 0.3) is 0 Å². The third-order valence-electron chi connectivity index (χ3n) is 1.90. The van der Waals surface area contributed by atoms with Crippen molar-refractivity contribution in [3.63, 3.8) is 0 Å². The molecule has 0 spiro atoms. The fraction of sp³-hybridized carbons (Fsp3) is 0.800. The molecule has 0 aliphatic carbocycles. The van der Waals surface area contributed by atoms with Gasteiger partial charge in [0.1, 0.15) is 6.04 Å². The van der Waals surface area contributed by atoms with Crippen LogP contribution in [0.2, 0.25) is 0 Å². The van der Waals surface area contributed by atoms with Crippen LogP contribution in [-0.2, 0) is 14.3 Å². The highest BCUT2D eigenvalue weighted by Crippen LogP contribution is 2.06. The van der Waals surface area contributed by atoms with Gasteiger partial charge in [-0.25, -0.2) is 4.79 Å². The Balaban J connectivity index is 4.24. The van der Waals surface area contributed by atoms with E-state index in [9.17, 15) is 9.59 Å². The largest absolute Gasteiger partial charge is 0.467 e. The Morgan fingerprint density at radius 2 is 2.00 bits per heavy atom. The molecule has 0 saturated carbocycles. The van der Waals surface area contributed by atoms with Gasteiger partial charge in [-0.3, -0.25) is 4.79 Å². The zero-order chi connectivity index (χ0) is 11.8. The number of amides is 1. The van der Waals surface area contributed by atoms with Crippen LogP contribution in [0.3, 0.4) is 0 Å². The minimum Gasteiger partial charge on any atom is -0.467 e. The molecule has 0 aromatic carbocycles. The van der Waals surface area contributed by atoms with Gasteiger partial charge in [0, 0.05) is 13.0 Å². The molecular weight excluding hydrogens is 196 g/mol. The van der Waals surface area contributed by atoms with Crippen LogP contribution in [0.1, 0.15) is 26.7 Å². The van der Waals surface area contributed by atoms with Gasteiger partial charge in [0.15, 0.2) is 0 Å². The molecule has 88 valence electrons. The van der Waals surface area contributed by atoms with E-state index in [1.54, 1.807) is 0 Å². The normalized spacial score (nSPS) is 12.3. The topological polar surface area (TPSA) is 81.4 Å². The van der Waals surface area contributed by atoms with E-state index >= 15 is 0 Å². The van der Waals surface area contributed by atoms with Gasteiger partial charge in [-0.1, -0.05) is 13.8 Å². The summed E-state index contributed by atoms with van der Waals surface area (Å²) >= 11 is 0. The Kier molecular flexibility index (Phi) is 6.70. The lowest BCUT2D eigenvalue weighted by Crippen LogP contribution is -2.42. The SMILES string of the molecule is COC(=O)C(CC(C)C)NC(=O)CCN. The second kappa shape index (κ2) is 7.23. The van der Waals surface area contributed by atoms with Gasteiger partial charge in [0.05, 0.1) is 7.11 Å². The Labute approximate surface area is 90.4 Å². The van der Waals surface area contributed by atoms with Gasteiger partial charge < -0.3 is 15.8 Å². The zero-order valence-electron chi connectivity index (χ0n) is 9.58. The van der Waals surface area contributed by atoms with Crippen molar-refractivity contribution in [3.8, 4) is 0 Å². The Hall–Kier alpha value is -1.10. The molecule has 0 aliphatic heterocycles. The number of methoxy groups -OCH3 is 1. The monoisotopic (exact) mass is 216 g/mol. The highest BCUT2D eigenvalue weighted by molar-refractivity contribution is 5.84. The lowest BCUT2D eigenvalue weighted by Gasteiger charge is -2.17. The summed E-state index contributed by atoms with van der Waals surface area (Å²) in [5.41, 5.74) is 5.24. The molecule has 0 fully saturated rings. The molecule has 1 unspecified atom stereocenters. The fourth-order valence-electron chi connectivity index (χ4n) is 1.23. The quantitative estimate of drug-likeness (QED) is 0.614. The highest BCUT2D eigenvalue weighted by atomic mass is 16.5. The van der Waals surface area contributed by atoms with E-state index in [2.05, 4.69) is 10.1 Å². The molecule has 15 heavy (non-hydrogen) atoms. The minimum absolute atomic E-state index is 0.214. The first-order valence-electron chi connectivity index (χ1n) is 5.08. The zero-order valence-corrected chi connectivity index (χ0v) is 9.58. The van der Waals surface area contributed by atoms with Crippen molar-refractivity contribution in [1.29, 1.82) is 0 Å². The average Bonchev–Trinajstić information content (AvgIpc) is 2.15. The van der Waals surface area contributed by atoms with Gasteiger partial charge in [-0.2, -0.15) is 0 Å². The number of nitrogens with one attached hydrogen (secondary N) is 1. The fourth-order valence-corrected chi connectivity index (χ4v) is 1.23. The van der Waals surface area contributed by atoms with Gasteiger partial charge in [-0.15, -0.1) is 0 Å². The molecule has 1 atom stereocenters. The van der Waals surface area contributed by atoms with Crippen molar-refractivity contribution >= 4 is 11.9 Å². The van der Waals surface area contributed by atoms with Crippen molar-refractivity contribution in [2.24, 2.45) is 11.7 Å². The van der Waals surface area contributed by atoms with Crippen LogP contribution < -0.4 is 11.1 Å². The number of rotatable bonds is 6. The number of hydrogen-bond acceptors (Lipinski definition) is 4. The summed E-state index contributed by atoms with van der Waals surface area (Å²) in [6, 6.07) is -0.561. The maximum atomic E-state index is 11.3. The van der Waals surface area contributed by atoms with Crippen LogP contribution >= 0.6 is 0 Å². The molecule has 1 amide bonds. The molecule has 0 saturated heterocycles. The Morgan fingerprint density at radius 3 is 2.40 bits per heavy atom. The molecule has 0 radical (unpaired) electrons. The number of hydrogen-bond donors (Lipinski definition) is 2. The molecule has 5 heteroatoms. The average molecular weight is 216 g/mol. The molecule has 3 N–H and O–H groups in total. The lowest BCUT2D eigenvalue weighted by atomic mass is 10.0. The van der Waals surface area contributed by atoms with Gasteiger partial charge in [0.2, 0.25) is 5.91 Å². The van der Waals surface area contributed by atoms with Crippen LogP contribution in [-0.4, -0.2) is 31.6 Å². The summed E-state index contributed by atoms with van der Waals surface area (Å²) in [5, 5.41) is 2.61. The van der Waals surface area contributed by atoms with Crippen LogP contribution in [0.15, 0.2) is 0 Å². The summed E-state index contributed by atoms with van der Waals surface area (Å²) < 4.78 is 4.61. The number of carbonyl (C=O) groups excluding carboxylic acids is 2. The first-order valence-corrected chi connectivity index (χ1v) is 5.08. The van der Waals surface area contributed by atoms with Crippen LogP contribution in [0, 0.1) is 5.92 Å². The third kappa shape index (κ3) is 6.06. The third-order valence-corrected chi connectivity index (χ3v) is 1.90. The smallest absolute Gasteiger partial charge is 0.328 e. The van der Waals surface area contributed by atoms with Crippen molar-refractivity contribution in [2.45, 2.75) is 32.7 Å². The standard InChI is InChI=1S/C10H20N2O3/c1-7(2)6-8(10(14)15-3)12-9(13)4-5-11/h7-8H,4-6,11H2,1-3H3,(H,12,13). The number of ether oxygens (including phenoxy) is 1. The van der Waals surface area contributed by atoms with E-state index in [0.29, 0.717) is 12.3 Å². The molecule has 0 aromatic rings. The second-order valence-corrected chi connectivity index (χ2v) is 3.81. The number of nitrogens with two attached hydrogens (primary N) is 1. The summed E-state index contributed by atoms with van der Waals surface area (Å²) in [4.78, 5) is 22.6. The molecule has 0 heterocycles. The lowest BCUT2D eigenvalue weighted by molar-refractivity contribution is -0.145. The Bertz CT molecular complexity index is 217. The van der Waals surface area contributed by atoms with Crippen LogP contribution in [0.5, 0.6) is 0 Å². The van der Waals surface area contributed by atoms with E-state index in [1.807, 2.05) is 13.8 Å². The van der Waals surface area contributed by atoms with E-state index in [1.165, 1.54) is 7.11 Å². The molecule has 0 rings (SSSR count). The first-order chi connectivity index (χ1) is 7.01. The number of esters is 1. The van der Waals surface area contributed by atoms with E-state index in [-0.39, 0.29) is 18.9 Å². The molecular formula is C10H20N2O3. The summed E-state index contributed by atoms with van der Waals surface area (Å²) in [6.07, 6.45) is 0.800. The van der Waals surface area contributed by atoms with Crippen molar-refractivity contribution in [2.75, 3.05) is 13.7 Å². The molecule has 0 aliphatic rings. The summed E-state index contributed by atoms with van der Waals surface area (Å²) in [5.74, 6) is -0.310. The summed E-state index contributed by atoms with van der Waals surface area (Å²) in [7, 11) is 1.31. The van der Waals surface area contributed by atoms with Crippen LogP contribution in [0.4, 0.5) is 0 Å². The first kappa shape index (κ1) is 13.9. The molecule has 0 aromatic heterocycles. The van der Waals surface area contributed by atoms with E-state index in [0.717, 1.165) is 0 Å². The van der Waals surface area contributed by atoms with Gasteiger partial charge >= 0.3 is 5.97 Å². The number of carbonyl (C=O) groups is 2. The van der Waals surface area contributed by atoms with Crippen molar-refractivity contribution in [3.05, 3.63) is 0 Å². The predicted octanol–water partition coefficient (Wildman–Crippen LogP) is 0.0391. The molecule has 5 nitrogen and oxygen atoms in total. The van der Waals surface area contributed by atoms with Gasteiger partial charge in [0.25, 0.3) is 0 Å². The Morgan fingerprint density at radius 1 is 1.40 bits per heavy atom. The molecule has 0 bridgehead atoms. The van der Waals surface area contributed by atoms with Crippen molar-refractivity contribution < 1.29 is 14.3 Å². The summed E-state index contributed by atoms with van der Waals surface area (Å²) in [6.45, 7) is 4.23. The van der Waals surface area contributed by atoms with E-state index in [4.69, 9.17) is 5.73 Å². The van der Waals surface area contributed by atoms with Crippen molar-refractivity contribution in [1.82, 2.24) is 5.32 Å². The predicted molar refractivity (Wildman–Crippen MR) is 57.1 cm³/mol. The van der Waals surface area contributed by atoms with Gasteiger partial charge in [-0.05, 0) is 12.3 Å². The second-order valence-electron chi connectivity index (χ2n) is 3.81. The maximum Gasteiger partial charge on any atom is 0.328 e.